The van der Waals surface area contributed by atoms with Crippen LogP contribution in [0.4, 0.5) is 0 Å². The summed E-state index contributed by atoms with van der Waals surface area (Å²) in [6.07, 6.45) is 3.37. The molecule has 0 aliphatic rings. The van der Waals surface area contributed by atoms with Crippen LogP contribution < -0.4 is 0 Å². The molecule has 1 aromatic carbocycles. The van der Waals surface area contributed by atoms with Crippen LogP contribution in [0, 0.1) is 0 Å². The topological polar surface area (TPSA) is 17.1 Å². The van der Waals surface area contributed by atoms with E-state index >= 15 is 0 Å². The summed E-state index contributed by atoms with van der Waals surface area (Å²) in [6, 6.07) is 9.75. The molecule has 0 amide bonds. The van der Waals surface area contributed by atoms with Crippen LogP contribution in [0.25, 0.3) is 6.08 Å². The average Bonchev–Trinajstić information content (AvgIpc) is 2.19. The highest BCUT2D eigenvalue weighted by molar-refractivity contribution is 5.91. The lowest BCUT2D eigenvalue weighted by Gasteiger charge is -1.88. The van der Waals surface area contributed by atoms with Gasteiger partial charge in [0, 0.05) is 0 Å². The maximum atomic E-state index is 10.5. The lowest BCUT2D eigenvalue weighted by molar-refractivity contribution is -0.112. The van der Waals surface area contributed by atoms with Gasteiger partial charge in [0.25, 0.3) is 0 Å². The van der Waals surface area contributed by atoms with Crippen molar-refractivity contribution in [2.24, 2.45) is 0 Å². The molecule has 13 heavy (non-hydrogen) atoms. The normalized spacial score (nSPS) is 9.00. The van der Waals surface area contributed by atoms with Crippen molar-refractivity contribution in [2.75, 3.05) is 0 Å². The molecule has 0 radical (unpaired) electrons. The molecule has 1 rings (SSSR count). The predicted octanol–water partition coefficient (Wildman–Crippen LogP) is 3.09. The number of hydrogen-bond donors (Lipinski definition) is 0. The molecule has 0 fully saturated rings. The molecule has 68 valence electrons. The van der Waals surface area contributed by atoms with Crippen molar-refractivity contribution in [3.05, 3.63) is 55.1 Å². The van der Waals surface area contributed by atoms with Crippen molar-refractivity contribution in [2.45, 2.75) is 6.92 Å². The minimum Gasteiger partial charge on any atom is -0.295 e. The SMILES string of the molecule is C=C.CC(=O)/C=C/c1ccccc1. The van der Waals surface area contributed by atoms with Gasteiger partial charge in [0.2, 0.25) is 0 Å². The second-order valence-corrected chi connectivity index (χ2v) is 2.35. The zero-order chi connectivity index (χ0) is 10.1. The van der Waals surface area contributed by atoms with Gasteiger partial charge in [0.1, 0.15) is 0 Å². The highest BCUT2D eigenvalue weighted by Crippen LogP contribution is 2.00. The van der Waals surface area contributed by atoms with Crippen molar-refractivity contribution >= 4 is 11.9 Å². The minimum absolute atomic E-state index is 0.0776. The fourth-order valence-electron chi connectivity index (χ4n) is 0.778. The van der Waals surface area contributed by atoms with Crippen molar-refractivity contribution in [1.82, 2.24) is 0 Å². The average molecular weight is 174 g/mol. The van der Waals surface area contributed by atoms with Crippen LogP contribution in [0.2, 0.25) is 0 Å². The van der Waals surface area contributed by atoms with E-state index in [0.29, 0.717) is 0 Å². The Morgan fingerprint density at radius 3 is 2.23 bits per heavy atom. The van der Waals surface area contributed by atoms with E-state index in [-0.39, 0.29) is 5.78 Å². The Balaban J connectivity index is 0.000000671. The highest BCUT2D eigenvalue weighted by atomic mass is 16.1. The molecule has 0 heterocycles. The molecule has 0 aliphatic carbocycles. The number of hydrogen-bond acceptors (Lipinski definition) is 1. The molecule has 0 atom stereocenters. The largest absolute Gasteiger partial charge is 0.295 e. The monoisotopic (exact) mass is 174 g/mol. The van der Waals surface area contributed by atoms with Gasteiger partial charge < -0.3 is 0 Å². The van der Waals surface area contributed by atoms with Crippen LogP contribution >= 0.6 is 0 Å². The van der Waals surface area contributed by atoms with E-state index in [4.69, 9.17) is 0 Å². The van der Waals surface area contributed by atoms with E-state index in [1.54, 1.807) is 13.0 Å². The second-order valence-electron chi connectivity index (χ2n) is 2.35. The first-order chi connectivity index (χ1) is 6.29. The fourth-order valence-corrected chi connectivity index (χ4v) is 0.778. The molecule has 1 aromatic rings. The van der Waals surface area contributed by atoms with Gasteiger partial charge in [0.15, 0.2) is 5.78 Å². The third-order valence-electron chi connectivity index (χ3n) is 1.31. The lowest BCUT2D eigenvalue weighted by atomic mass is 10.2. The molecule has 1 heteroatoms. The summed E-state index contributed by atoms with van der Waals surface area (Å²) in [5.41, 5.74) is 1.06. The molecule has 0 spiro atoms. The van der Waals surface area contributed by atoms with E-state index in [0.717, 1.165) is 5.56 Å². The van der Waals surface area contributed by atoms with E-state index in [1.807, 2.05) is 36.4 Å². The lowest BCUT2D eigenvalue weighted by Crippen LogP contribution is -1.79. The maximum Gasteiger partial charge on any atom is 0.152 e. The summed E-state index contributed by atoms with van der Waals surface area (Å²) in [5, 5.41) is 0. The van der Waals surface area contributed by atoms with E-state index < -0.39 is 0 Å². The van der Waals surface area contributed by atoms with Gasteiger partial charge in [0.05, 0.1) is 0 Å². The first-order valence-electron chi connectivity index (χ1n) is 4.03. The van der Waals surface area contributed by atoms with Gasteiger partial charge in [-0.1, -0.05) is 36.4 Å². The van der Waals surface area contributed by atoms with E-state index in [9.17, 15) is 4.79 Å². The van der Waals surface area contributed by atoms with Gasteiger partial charge in [-0.2, -0.15) is 0 Å². The zero-order valence-corrected chi connectivity index (χ0v) is 7.86. The third kappa shape index (κ3) is 5.62. The molecule has 1 nitrogen and oxygen atoms in total. The van der Waals surface area contributed by atoms with Crippen molar-refractivity contribution in [1.29, 1.82) is 0 Å². The smallest absolute Gasteiger partial charge is 0.152 e. The standard InChI is InChI=1S/C10H10O.C2H4/c1-9(11)7-8-10-5-3-2-4-6-10;1-2/h2-8H,1H3;1-2H2/b8-7+;. The van der Waals surface area contributed by atoms with Gasteiger partial charge in [-0.15, -0.1) is 13.2 Å². The Bertz CT molecular complexity index is 272. The quantitative estimate of drug-likeness (QED) is 0.497. The Morgan fingerprint density at radius 2 is 1.77 bits per heavy atom. The van der Waals surface area contributed by atoms with Crippen molar-refractivity contribution < 1.29 is 4.79 Å². The predicted molar refractivity (Wildman–Crippen MR) is 57.4 cm³/mol. The molecular formula is C12H14O. The molecular weight excluding hydrogens is 160 g/mol. The maximum absolute atomic E-state index is 10.5. The Hall–Kier alpha value is -1.63. The first kappa shape index (κ1) is 11.4. The van der Waals surface area contributed by atoms with Crippen LogP contribution in [0.15, 0.2) is 49.6 Å². The molecule has 0 saturated carbocycles. The Kier molecular flexibility index (Phi) is 6.16. The summed E-state index contributed by atoms with van der Waals surface area (Å²) in [5.74, 6) is 0.0776. The number of ketones is 1. The second kappa shape index (κ2) is 7.04. The molecule has 0 aromatic heterocycles. The zero-order valence-electron chi connectivity index (χ0n) is 7.86. The molecule has 0 aliphatic heterocycles. The number of allylic oxidation sites excluding steroid dienone is 1. The van der Waals surface area contributed by atoms with Crippen molar-refractivity contribution in [3.63, 3.8) is 0 Å². The van der Waals surface area contributed by atoms with E-state index in [1.165, 1.54) is 0 Å². The third-order valence-corrected chi connectivity index (χ3v) is 1.31. The molecule has 0 saturated heterocycles. The minimum atomic E-state index is 0.0776. The number of rotatable bonds is 2. The van der Waals surface area contributed by atoms with Crippen LogP contribution in [-0.2, 0) is 4.79 Å². The highest BCUT2D eigenvalue weighted by Gasteiger charge is 1.83. The van der Waals surface area contributed by atoms with Crippen LogP contribution in [0.1, 0.15) is 12.5 Å². The van der Waals surface area contributed by atoms with Crippen LogP contribution in [-0.4, -0.2) is 5.78 Å². The van der Waals surface area contributed by atoms with Crippen LogP contribution in [0.3, 0.4) is 0 Å². The summed E-state index contributed by atoms with van der Waals surface area (Å²) in [6.45, 7) is 7.54. The van der Waals surface area contributed by atoms with Gasteiger partial charge >= 0.3 is 0 Å². The molecule has 0 bridgehead atoms. The van der Waals surface area contributed by atoms with Crippen molar-refractivity contribution in [3.8, 4) is 0 Å². The molecule has 0 N–H and O–H groups in total. The first-order valence-corrected chi connectivity index (χ1v) is 4.03. The van der Waals surface area contributed by atoms with Crippen LogP contribution in [0.5, 0.6) is 0 Å². The Morgan fingerprint density at radius 1 is 1.23 bits per heavy atom. The van der Waals surface area contributed by atoms with E-state index in [2.05, 4.69) is 13.2 Å². The number of carbonyl (C=O) groups is 1. The van der Waals surface area contributed by atoms with Gasteiger partial charge in [-0.25, -0.2) is 0 Å². The summed E-state index contributed by atoms with van der Waals surface area (Å²) >= 11 is 0. The summed E-state index contributed by atoms with van der Waals surface area (Å²) in [7, 11) is 0. The number of benzene rings is 1. The fraction of sp³-hybridized carbons (Fsp3) is 0.0833. The Labute approximate surface area is 79.4 Å². The van der Waals surface area contributed by atoms with Gasteiger partial charge in [-0.3, -0.25) is 4.79 Å². The molecule has 0 unspecified atom stereocenters. The summed E-state index contributed by atoms with van der Waals surface area (Å²) < 4.78 is 0. The van der Waals surface area contributed by atoms with Gasteiger partial charge in [-0.05, 0) is 18.6 Å². The summed E-state index contributed by atoms with van der Waals surface area (Å²) in [4.78, 5) is 10.5. The number of carbonyl (C=O) groups excluding carboxylic acids is 1.